The first kappa shape index (κ1) is 10.1. The predicted octanol–water partition coefficient (Wildman–Crippen LogP) is 1.38. The molecule has 7 heteroatoms. The molecule has 0 saturated carbocycles. The standard InChI is InChI=1S/C8H6IN3O3/c1-12-6(9)4(2-10-12)7-11-5(3-15-7)8(13)14/h2-3H,1H3,(H,13,14). The number of carbonyl (C=O) groups is 1. The van der Waals surface area contributed by atoms with Gasteiger partial charge in [0.2, 0.25) is 5.89 Å². The second-order valence-corrected chi connectivity index (χ2v) is 3.84. The van der Waals surface area contributed by atoms with E-state index in [4.69, 9.17) is 9.52 Å². The summed E-state index contributed by atoms with van der Waals surface area (Å²) in [5.41, 5.74) is 0.579. The van der Waals surface area contributed by atoms with E-state index < -0.39 is 5.97 Å². The van der Waals surface area contributed by atoms with Crippen molar-refractivity contribution in [3.8, 4) is 11.5 Å². The van der Waals surface area contributed by atoms with E-state index in [1.807, 2.05) is 0 Å². The zero-order valence-corrected chi connectivity index (χ0v) is 9.80. The van der Waals surface area contributed by atoms with Crippen LogP contribution in [-0.4, -0.2) is 25.8 Å². The number of carboxylic acid groups (broad SMARTS) is 1. The Kier molecular flexibility index (Phi) is 2.47. The zero-order chi connectivity index (χ0) is 11.0. The van der Waals surface area contributed by atoms with E-state index in [9.17, 15) is 4.79 Å². The average Bonchev–Trinajstić information content (AvgIpc) is 2.76. The minimum Gasteiger partial charge on any atom is -0.476 e. The first-order valence-corrected chi connectivity index (χ1v) is 5.04. The number of halogens is 1. The van der Waals surface area contributed by atoms with Gasteiger partial charge in [0, 0.05) is 7.05 Å². The fourth-order valence-electron chi connectivity index (χ4n) is 1.06. The van der Waals surface area contributed by atoms with E-state index in [2.05, 4.69) is 32.7 Å². The van der Waals surface area contributed by atoms with Gasteiger partial charge in [-0.1, -0.05) is 0 Å². The molecule has 0 aliphatic carbocycles. The lowest BCUT2D eigenvalue weighted by Crippen LogP contribution is -1.96. The fourth-order valence-corrected chi connectivity index (χ4v) is 1.56. The number of aryl methyl sites for hydroxylation is 1. The van der Waals surface area contributed by atoms with Crippen molar-refractivity contribution in [1.29, 1.82) is 0 Å². The van der Waals surface area contributed by atoms with Crippen LogP contribution in [0, 0.1) is 3.70 Å². The molecular weight excluding hydrogens is 313 g/mol. The van der Waals surface area contributed by atoms with Gasteiger partial charge in [-0.25, -0.2) is 9.78 Å². The van der Waals surface area contributed by atoms with Crippen LogP contribution in [0.1, 0.15) is 10.5 Å². The molecule has 2 rings (SSSR count). The number of rotatable bonds is 2. The molecule has 0 bridgehead atoms. The molecule has 15 heavy (non-hydrogen) atoms. The SMILES string of the molecule is Cn1ncc(-c2nc(C(=O)O)co2)c1I. The Hall–Kier alpha value is -1.38. The number of hydrogen-bond acceptors (Lipinski definition) is 4. The van der Waals surface area contributed by atoms with E-state index in [0.29, 0.717) is 5.56 Å². The smallest absolute Gasteiger partial charge is 0.357 e. The van der Waals surface area contributed by atoms with Crippen molar-refractivity contribution in [1.82, 2.24) is 14.8 Å². The molecule has 0 aromatic carbocycles. The van der Waals surface area contributed by atoms with Gasteiger partial charge in [-0.15, -0.1) is 0 Å². The first-order chi connectivity index (χ1) is 7.09. The summed E-state index contributed by atoms with van der Waals surface area (Å²) in [4.78, 5) is 14.4. The lowest BCUT2D eigenvalue weighted by atomic mass is 10.4. The summed E-state index contributed by atoms with van der Waals surface area (Å²) in [7, 11) is 1.78. The quantitative estimate of drug-likeness (QED) is 0.846. The normalized spacial score (nSPS) is 10.5. The maximum Gasteiger partial charge on any atom is 0.357 e. The van der Waals surface area contributed by atoms with Gasteiger partial charge in [0.25, 0.3) is 0 Å². The van der Waals surface area contributed by atoms with Crippen LogP contribution in [0.25, 0.3) is 11.5 Å². The number of nitrogens with zero attached hydrogens (tertiary/aromatic N) is 3. The molecule has 0 aliphatic rings. The summed E-state index contributed by atoms with van der Waals surface area (Å²) in [6.07, 6.45) is 2.69. The molecule has 0 amide bonds. The van der Waals surface area contributed by atoms with Crippen molar-refractivity contribution in [3.05, 3.63) is 21.9 Å². The predicted molar refractivity (Wildman–Crippen MR) is 58.4 cm³/mol. The van der Waals surface area contributed by atoms with E-state index in [-0.39, 0.29) is 11.6 Å². The van der Waals surface area contributed by atoms with Crippen LogP contribution >= 0.6 is 22.6 Å². The lowest BCUT2D eigenvalue weighted by molar-refractivity contribution is 0.0690. The van der Waals surface area contributed by atoms with Crippen molar-refractivity contribution >= 4 is 28.6 Å². The van der Waals surface area contributed by atoms with Crippen LogP contribution in [0.3, 0.4) is 0 Å². The highest BCUT2D eigenvalue weighted by molar-refractivity contribution is 14.1. The Morgan fingerprint density at radius 2 is 2.40 bits per heavy atom. The highest BCUT2D eigenvalue weighted by Crippen LogP contribution is 2.23. The lowest BCUT2D eigenvalue weighted by Gasteiger charge is -1.92. The number of oxazole rings is 1. The van der Waals surface area contributed by atoms with Crippen LogP contribution in [0.5, 0.6) is 0 Å². The molecule has 0 fully saturated rings. The molecule has 78 valence electrons. The maximum atomic E-state index is 10.6. The largest absolute Gasteiger partial charge is 0.476 e. The molecule has 0 unspecified atom stereocenters. The van der Waals surface area contributed by atoms with E-state index in [1.165, 1.54) is 0 Å². The van der Waals surface area contributed by atoms with Gasteiger partial charge in [0.05, 0.1) is 11.8 Å². The van der Waals surface area contributed by atoms with E-state index >= 15 is 0 Å². The molecule has 2 heterocycles. The molecule has 0 atom stereocenters. The fraction of sp³-hybridized carbons (Fsp3) is 0.125. The number of aromatic nitrogens is 3. The third-order valence-corrected chi connectivity index (χ3v) is 3.10. The highest BCUT2D eigenvalue weighted by atomic mass is 127. The van der Waals surface area contributed by atoms with Crippen molar-refractivity contribution in [2.24, 2.45) is 7.05 Å². The topological polar surface area (TPSA) is 81.2 Å². The summed E-state index contributed by atoms with van der Waals surface area (Å²) in [5.74, 6) is -0.839. The van der Waals surface area contributed by atoms with Crippen molar-refractivity contribution in [2.45, 2.75) is 0 Å². The molecule has 0 spiro atoms. The first-order valence-electron chi connectivity index (χ1n) is 3.96. The molecule has 0 radical (unpaired) electrons. The molecule has 2 aromatic heterocycles. The number of aromatic carboxylic acids is 1. The third-order valence-electron chi connectivity index (χ3n) is 1.82. The van der Waals surface area contributed by atoms with Crippen LogP contribution in [0.15, 0.2) is 16.9 Å². The number of carboxylic acids is 1. The molecule has 1 N–H and O–H groups in total. The Labute approximate surface area is 98.1 Å². The van der Waals surface area contributed by atoms with Crippen LogP contribution < -0.4 is 0 Å². The molecule has 0 saturated heterocycles. The Bertz CT molecular complexity index is 517. The van der Waals surface area contributed by atoms with Gasteiger partial charge in [-0.2, -0.15) is 5.10 Å². The Morgan fingerprint density at radius 1 is 1.67 bits per heavy atom. The average molecular weight is 319 g/mol. The Balaban J connectivity index is 2.46. The molecule has 6 nitrogen and oxygen atoms in total. The highest BCUT2D eigenvalue weighted by Gasteiger charge is 2.16. The van der Waals surface area contributed by atoms with Gasteiger partial charge in [-0.05, 0) is 22.6 Å². The summed E-state index contributed by atoms with van der Waals surface area (Å²) in [6.45, 7) is 0. The van der Waals surface area contributed by atoms with Crippen molar-refractivity contribution in [3.63, 3.8) is 0 Å². The minimum absolute atomic E-state index is 0.107. The summed E-state index contributed by atoms with van der Waals surface area (Å²) in [6, 6.07) is 0. The van der Waals surface area contributed by atoms with Crippen LogP contribution in [0.2, 0.25) is 0 Å². The van der Waals surface area contributed by atoms with Gasteiger partial charge in [-0.3, -0.25) is 4.68 Å². The van der Waals surface area contributed by atoms with Gasteiger partial charge >= 0.3 is 5.97 Å². The molecule has 2 aromatic rings. The third kappa shape index (κ3) is 1.74. The van der Waals surface area contributed by atoms with Crippen molar-refractivity contribution < 1.29 is 14.3 Å². The van der Waals surface area contributed by atoms with Crippen molar-refractivity contribution in [2.75, 3.05) is 0 Å². The summed E-state index contributed by atoms with van der Waals surface area (Å²) >= 11 is 2.08. The van der Waals surface area contributed by atoms with Crippen LogP contribution in [0.4, 0.5) is 0 Å². The second kappa shape index (κ2) is 3.65. The monoisotopic (exact) mass is 319 g/mol. The van der Waals surface area contributed by atoms with Gasteiger partial charge < -0.3 is 9.52 Å². The summed E-state index contributed by atoms with van der Waals surface area (Å²) in [5, 5.41) is 12.7. The van der Waals surface area contributed by atoms with Gasteiger partial charge in [0.1, 0.15) is 9.96 Å². The second-order valence-electron chi connectivity index (χ2n) is 2.82. The Morgan fingerprint density at radius 3 is 2.87 bits per heavy atom. The molecular formula is C8H6IN3O3. The van der Waals surface area contributed by atoms with Gasteiger partial charge in [0.15, 0.2) is 5.69 Å². The summed E-state index contributed by atoms with van der Waals surface area (Å²) < 4.78 is 7.55. The zero-order valence-electron chi connectivity index (χ0n) is 7.64. The molecule has 0 aliphatic heterocycles. The van der Waals surface area contributed by atoms with E-state index in [1.54, 1.807) is 17.9 Å². The minimum atomic E-state index is -1.11. The van der Waals surface area contributed by atoms with E-state index in [0.717, 1.165) is 9.96 Å². The maximum absolute atomic E-state index is 10.6. The number of hydrogen-bond donors (Lipinski definition) is 1. The van der Waals surface area contributed by atoms with Crippen LogP contribution in [-0.2, 0) is 7.05 Å².